The minimum absolute atomic E-state index is 0.0323. The van der Waals surface area contributed by atoms with E-state index in [1.165, 1.54) is 16.5 Å². The van der Waals surface area contributed by atoms with Crippen LogP contribution in [0.4, 0.5) is 0 Å². The molecule has 3 atom stereocenters. The fourth-order valence-corrected chi connectivity index (χ4v) is 4.05. The number of benzene rings is 2. The predicted molar refractivity (Wildman–Crippen MR) is 83.3 cm³/mol. The largest absolute Gasteiger partial charge is 0.508 e. The number of hydrogen-bond donors (Lipinski definition) is 1. The molecule has 2 heteroatoms. The molecule has 1 spiro atoms. The van der Waals surface area contributed by atoms with Gasteiger partial charge < -0.3 is 9.84 Å². The first-order valence-corrected chi connectivity index (χ1v) is 7.41. The third-order valence-corrected chi connectivity index (χ3v) is 5.54. The van der Waals surface area contributed by atoms with Gasteiger partial charge in [-0.15, -0.1) is 0 Å². The summed E-state index contributed by atoms with van der Waals surface area (Å²) in [6.45, 7) is 3.13. The van der Waals surface area contributed by atoms with Crippen LogP contribution in [0.25, 0.3) is 16.8 Å². The number of aromatic hydroxyl groups is 1. The van der Waals surface area contributed by atoms with Crippen LogP contribution in [0.1, 0.15) is 24.0 Å². The summed E-state index contributed by atoms with van der Waals surface area (Å²) in [6.07, 6.45) is 9.08. The van der Waals surface area contributed by atoms with Crippen molar-refractivity contribution in [3.05, 3.63) is 59.7 Å². The van der Waals surface area contributed by atoms with Crippen LogP contribution in [0, 0.1) is 5.41 Å². The Hall–Kier alpha value is -2.06. The van der Waals surface area contributed by atoms with Crippen molar-refractivity contribution in [3.63, 3.8) is 0 Å². The molecule has 0 radical (unpaired) electrons. The van der Waals surface area contributed by atoms with Gasteiger partial charge in [-0.2, -0.15) is 0 Å². The summed E-state index contributed by atoms with van der Waals surface area (Å²) in [5.74, 6) is 0.691. The van der Waals surface area contributed by atoms with E-state index in [9.17, 15) is 5.11 Å². The molecule has 2 aromatic rings. The summed E-state index contributed by atoms with van der Waals surface area (Å²) in [5.41, 5.74) is 2.57. The Morgan fingerprint density at radius 1 is 1.14 bits per heavy atom. The zero-order valence-corrected chi connectivity index (χ0v) is 11.8. The normalized spacial score (nSPS) is 35.2. The monoisotopic (exact) mass is 276 g/mol. The molecule has 21 heavy (non-hydrogen) atoms. The first kappa shape index (κ1) is 11.6. The summed E-state index contributed by atoms with van der Waals surface area (Å²) in [6, 6.07) is 10.0. The maximum absolute atomic E-state index is 9.66. The predicted octanol–water partition coefficient (Wildman–Crippen LogP) is 4.00. The maximum Gasteiger partial charge on any atom is 0.119 e. The van der Waals surface area contributed by atoms with Gasteiger partial charge in [-0.3, -0.25) is 0 Å². The van der Waals surface area contributed by atoms with E-state index in [1.807, 2.05) is 12.1 Å². The summed E-state index contributed by atoms with van der Waals surface area (Å²) >= 11 is 0. The number of epoxide rings is 1. The van der Waals surface area contributed by atoms with Gasteiger partial charge in [-0.05, 0) is 46.2 Å². The second-order valence-electron chi connectivity index (χ2n) is 6.64. The number of allylic oxidation sites excluding steroid dienone is 1. The van der Waals surface area contributed by atoms with E-state index in [2.05, 4.69) is 43.4 Å². The third kappa shape index (κ3) is 1.31. The number of phenols is 1. The zero-order valence-electron chi connectivity index (χ0n) is 11.8. The highest BCUT2D eigenvalue weighted by Gasteiger charge is 2.63. The third-order valence-electron chi connectivity index (χ3n) is 5.54. The van der Waals surface area contributed by atoms with Gasteiger partial charge in [0.2, 0.25) is 0 Å². The van der Waals surface area contributed by atoms with Crippen LogP contribution in [0.3, 0.4) is 0 Å². The van der Waals surface area contributed by atoms with Crippen LogP contribution in [0.15, 0.2) is 48.6 Å². The highest BCUT2D eigenvalue weighted by Crippen LogP contribution is 2.61. The molecule has 0 aromatic heterocycles. The lowest BCUT2D eigenvalue weighted by molar-refractivity contribution is 0.210. The number of ether oxygens (including phenoxy) is 1. The van der Waals surface area contributed by atoms with Crippen LogP contribution < -0.4 is 0 Å². The van der Waals surface area contributed by atoms with Gasteiger partial charge >= 0.3 is 0 Å². The first-order valence-electron chi connectivity index (χ1n) is 7.41. The lowest BCUT2D eigenvalue weighted by atomic mass is 9.66. The van der Waals surface area contributed by atoms with Crippen LogP contribution in [-0.2, 0) is 4.74 Å². The van der Waals surface area contributed by atoms with E-state index >= 15 is 0 Å². The summed E-state index contributed by atoms with van der Waals surface area (Å²) < 4.78 is 5.78. The van der Waals surface area contributed by atoms with Crippen molar-refractivity contribution in [1.82, 2.24) is 0 Å². The number of rotatable bonds is 0. The molecule has 2 aromatic carbocycles. The Balaban J connectivity index is 1.76. The van der Waals surface area contributed by atoms with E-state index in [0.717, 1.165) is 12.0 Å². The maximum atomic E-state index is 9.66. The van der Waals surface area contributed by atoms with Crippen molar-refractivity contribution in [2.75, 3.05) is 6.61 Å². The molecule has 0 bridgehead atoms. The smallest absolute Gasteiger partial charge is 0.119 e. The highest BCUT2D eigenvalue weighted by atomic mass is 16.6. The Kier molecular flexibility index (Phi) is 1.87. The summed E-state index contributed by atoms with van der Waals surface area (Å²) in [7, 11) is 0. The Morgan fingerprint density at radius 3 is 2.81 bits per heavy atom. The number of phenolic OH excluding ortho intramolecular Hbond substituents is 1. The van der Waals surface area contributed by atoms with Crippen LogP contribution >= 0.6 is 0 Å². The SMILES string of the molecule is CC12C=Cc3cc4cc(O)ccc4cc3C1C=CC21CO1. The van der Waals surface area contributed by atoms with Crippen molar-refractivity contribution < 1.29 is 9.84 Å². The van der Waals surface area contributed by atoms with Gasteiger partial charge in [0.1, 0.15) is 11.4 Å². The van der Waals surface area contributed by atoms with Crippen molar-refractivity contribution in [3.8, 4) is 5.75 Å². The van der Waals surface area contributed by atoms with E-state index in [1.54, 1.807) is 6.07 Å². The Labute approximate surface area is 123 Å². The molecular weight excluding hydrogens is 260 g/mol. The van der Waals surface area contributed by atoms with Crippen molar-refractivity contribution >= 4 is 16.8 Å². The molecule has 1 aliphatic heterocycles. The lowest BCUT2D eigenvalue weighted by Crippen LogP contribution is -2.34. The molecule has 104 valence electrons. The summed E-state index contributed by atoms with van der Waals surface area (Å²) in [5, 5.41) is 11.9. The summed E-state index contributed by atoms with van der Waals surface area (Å²) in [4.78, 5) is 0. The minimum Gasteiger partial charge on any atom is -0.508 e. The molecule has 1 N–H and O–H groups in total. The van der Waals surface area contributed by atoms with Crippen molar-refractivity contribution in [1.29, 1.82) is 0 Å². The molecule has 3 aliphatic rings. The number of fused-ring (bicyclic) bond motifs is 5. The highest BCUT2D eigenvalue weighted by molar-refractivity contribution is 5.88. The van der Waals surface area contributed by atoms with Gasteiger partial charge in [0, 0.05) is 11.3 Å². The minimum atomic E-state index is -0.0736. The van der Waals surface area contributed by atoms with E-state index in [0.29, 0.717) is 11.7 Å². The molecule has 1 heterocycles. The molecule has 0 amide bonds. The average Bonchev–Trinajstić information content (AvgIpc) is 3.20. The Bertz CT molecular complexity index is 842. The molecule has 0 saturated carbocycles. The zero-order chi connectivity index (χ0) is 14.2. The fraction of sp³-hybridized carbons (Fsp3) is 0.263. The molecule has 2 nitrogen and oxygen atoms in total. The van der Waals surface area contributed by atoms with E-state index < -0.39 is 0 Å². The Morgan fingerprint density at radius 2 is 2.00 bits per heavy atom. The molecule has 1 saturated heterocycles. The van der Waals surface area contributed by atoms with Gasteiger partial charge in [0.15, 0.2) is 0 Å². The lowest BCUT2D eigenvalue weighted by Gasteiger charge is -2.36. The second-order valence-corrected chi connectivity index (χ2v) is 6.64. The van der Waals surface area contributed by atoms with Gasteiger partial charge in [0.25, 0.3) is 0 Å². The number of hydrogen-bond acceptors (Lipinski definition) is 2. The van der Waals surface area contributed by atoms with Gasteiger partial charge in [-0.1, -0.05) is 37.3 Å². The first-order chi connectivity index (χ1) is 10.1. The molecule has 1 fully saturated rings. The molecule has 3 unspecified atom stereocenters. The standard InChI is InChI=1S/C19H16O2/c1-18-6-4-13-8-14-9-15(20)3-2-12(14)10-16(13)17(18)5-7-19(18)11-21-19/h2-10,17,20H,11H2,1H3. The van der Waals surface area contributed by atoms with Crippen molar-refractivity contribution in [2.45, 2.75) is 18.4 Å². The second kappa shape index (κ2) is 3.40. The van der Waals surface area contributed by atoms with Crippen molar-refractivity contribution in [2.24, 2.45) is 5.41 Å². The van der Waals surface area contributed by atoms with E-state index in [4.69, 9.17) is 4.74 Å². The molecule has 5 rings (SSSR count). The van der Waals surface area contributed by atoms with Crippen LogP contribution in [0.5, 0.6) is 5.75 Å². The molecule has 2 aliphatic carbocycles. The quantitative estimate of drug-likeness (QED) is 0.582. The fourth-order valence-electron chi connectivity index (χ4n) is 4.05. The van der Waals surface area contributed by atoms with Crippen LogP contribution in [-0.4, -0.2) is 17.3 Å². The average molecular weight is 276 g/mol. The van der Waals surface area contributed by atoms with Crippen LogP contribution in [0.2, 0.25) is 0 Å². The molecular formula is C19H16O2. The van der Waals surface area contributed by atoms with E-state index in [-0.39, 0.29) is 11.0 Å². The van der Waals surface area contributed by atoms with Gasteiger partial charge in [-0.25, -0.2) is 0 Å². The van der Waals surface area contributed by atoms with Gasteiger partial charge in [0.05, 0.1) is 6.61 Å². The topological polar surface area (TPSA) is 32.8 Å².